The monoisotopic (exact) mass is 540 g/mol. The molecule has 0 radical (unpaired) electrons. The van der Waals surface area contributed by atoms with Crippen LogP contribution in [0.3, 0.4) is 0 Å². The van der Waals surface area contributed by atoms with Gasteiger partial charge in [0.15, 0.2) is 0 Å². The molecule has 0 aliphatic rings. The lowest BCUT2D eigenvalue weighted by atomic mass is 10.1. The molecule has 0 aliphatic heterocycles. The third kappa shape index (κ3) is 7.65. The number of rotatable bonds is 12. The van der Waals surface area contributed by atoms with Crippen LogP contribution in [0.4, 0.5) is 10.1 Å². The Morgan fingerprint density at radius 1 is 1.06 bits per heavy atom. The summed E-state index contributed by atoms with van der Waals surface area (Å²) in [6.07, 6.45) is 0.295. The van der Waals surface area contributed by atoms with Crippen molar-refractivity contribution in [3.63, 3.8) is 0 Å². The molecule has 11 heteroatoms. The average molecular weight is 541 g/mol. The number of nitrogens with zero attached hydrogens (tertiary/aromatic N) is 3. The summed E-state index contributed by atoms with van der Waals surface area (Å²) in [5.74, 6) is -1.58. The fourth-order valence-electron chi connectivity index (χ4n) is 3.48. The molecule has 0 fully saturated rings. The van der Waals surface area contributed by atoms with Crippen LogP contribution in [0.2, 0.25) is 5.02 Å². The third-order valence-corrected chi connectivity index (χ3v) is 7.53. The van der Waals surface area contributed by atoms with Crippen molar-refractivity contribution in [2.45, 2.75) is 39.8 Å². The van der Waals surface area contributed by atoms with Gasteiger partial charge in [-0.3, -0.25) is 9.59 Å². The molecule has 2 amide bonds. The molecule has 0 unspecified atom stereocenters. The van der Waals surface area contributed by atoms with E-state index >= 15 is 0 Å². The number of para-hydroxylation sites is 1. The SMILES string of the molecule is CC[C@H](C(=O)NCC(C)C)N(Cc1ccc(Cl)cc1)C(=O)CN(c1ccccc1F)S(=O)(=O)N(C)C. The van der Waals surface area contributed by atoms with Crippen molar-refractivity contribution in [3.05, 3.63) is 64.9 Å². The Kier molecular flexibility index (Phi) is 10.7. The van der Waals surface area contributed by atoms with E-state index in [1.54, 1.807) is 31.2 Å². The smallest absolute Gasteiger partial charge is 0.304 e. The van der Waals surface area contributed by atoms with E-state index in [0.717, 1.165) is 14.7 Å². The highest BCUT2D eigenvalue weighted by Crippen LogP contribution is 2.24. The van der Waals surface area contributed by atoms with Gasteiger partial charge in [0.1, 0.15) is 18.4 Å². The first kappa shape index (κ1) is 29.5. The van der Waals surface area contributed by atoms with Gasteiger partial charge in [0.05, 0.1) is 5.69 Å². The molecule has 0 bridgehead atoms. The quantitative estimate of drug-likeness (QED) is 0.445. The minimum atomic E-state index is -4.23. The predicted octanol–water partition coefficient (Wildman–Crippen LogP) is 3.67. The van der Waals surface area contributed by atoms with E-state index in [1.165, 1.54) is 37.2 Å². The molecular formula is C25H34ClFN4O4S. The number of carbonyl (C=O) groups is 2. The molecule has 0 heterocycles. The molecule has 2 aromatic rings. The van der Waals surface area contributed by atoms with Crippen molar-refractivity contribution in [1.82, 2.24) is 14.5 Å². The van der Waals surface area contributed by atoms with E-state index < -0.39 is 34.5 Å². The largest absolute Gasteiger partial charge is 0.354 e. The van der Waals surface area contributed by atoms with Crippen molar-refractivity contribution in [2.24, 2.45) is 5.92 Å². The maximum Gasteiger partial charge on any atom is 0.304 e. The van der Waals surface area contributed by atoms with E-state index in [0.29, 0.717) is 23.6 Å². The molecule has 36 heavy (non-hydrogen) atoms. The summed E-state index contributed by atoms with van der Waals surface area (Å²) in [4.78, 5) is 28.1. The van der Waals surface area contributed by atoms with Gasteiger partial charge < -0.3 is 10.2 Å². The molecular weight excluding hydrogens is 507 g/mol. The summed E-state index contributed by atoms with van der Waals surface area (Å²) in [5.41, 5.74) is 0.444. The first-order valence-electron chi connectivity index (χ1n) is 11.6. The molecule has 2 rings (SSSR count). The second kappa shape index (κ2) is 13.0. The van der Waals surface area contributed by atoms with E-state index in [9.17, 15) is 22.4 Å². The summed E-state index contributed by atoms with van der Waals surface area (Å²) in [6.45, 7) is 5.45. The number of anilines is 1. The molecule has 8 nitrogen and oxygen atoms in total. The van der Waals surface area contributed by atoms with Crippen LogP contribution in [0, 0.1) is 11.7 Å². The Morgan fingerprint density at radius 3 is 2.19 bits per heavy atom. The lowest BCUT2D eigenvalue weighted by Crippen LogP contribution is -2.53. The number of hydrogen-bond acceptors (Lipinski definition) is 4. The summed E-state index contributed by atoms with van der Waals surface area (Å²) in [6, 6.07) is 11.3. The van der Waals surface area contributed by atoms with Crippen LogP contribution in [0.1, 0.15) is 32.8 Å². The molecule has 198 valence electrons. The Bertz CT molecular complexity index is 1140. The van der Waals surface area contributed by atoms with E-state index in [2.05, 4.69) is 5.32 Å². The summed E-state index contributed by atoms with van der Waals surface area (Å²) < 4.78 is 42.5. The summed E-state index contributed by atoms with van der Waals surface area (Å²) in [7, 11) is -1.64. The highest BCUT2D eigenvalue weighted by molar-refractivity contribution is 7.90. The van der Waals surface area contributed by atoms with Crippen LogP contribution < -0.4 is 9.62 Å². The van der Waals surface area contributed by atoms with Gasteiger partial charge in [-0.2, -0.15) is 12.7 Å². The van der Waals surface area contributed by atoms with Gasteiger partial charge in [-0.1, -0.05) is 56.6 Å². The van der Waals surface area contributed by atoms with Crippen LogP contribution in [0.25, 0.3) is 0 Å². The maximum absolute atomic E-state index is 14.7. The van der Waals surface area contributed by atoms with Crippen molar-refractivity contribution in [1.29, 1.82) is 0 Å². The lowest BCUT2D eigenvalue weighted by Gasteiger charge is -2.34. The molecule has 0 saturated carbocycles. The zero-order chi connectivity index (χ0) is 27.0. The van der Waals surface area contributed by atoms with Crippen LogP contribution in [0.5, 0.6) is 0 Å². The molecule has 1 N–H and O–H groups in total. The number of carbonyl (C=O) groups excluding carboxylic acids is 2. The zero-order valence-electron chi connectivity index (χ0n) is 21.2. The normalized spacial score (nSPS) is 12.5. The maximum atomic E-state index is 14.7. The van der Waals surface area contributed by atoms with Crippen molar-refractivity contribution < 1.29 is 22.4 Å². The molecule has 2 aromatic carbocycles. The Labute approximate surface area is 218 Å². The Balaban J connectivity index is 2.49. The van der Waals surface area contributed by atoms with E-state index in [4.69, 9.17) is 11.6 Å². The predicted molar refractivity (Wildman–Crippen MR) is 140 cm³/mol. The zero-order valence-corrected chi connectivity index (χ0v) is 22.8. The topological polar surface area (TPSA) is 90.0 Å². The first-order valence-corrected chi connectivity index (χ1v) is 13.4. The van der Waals surface area contributed by atoms with Crippen molar-refractivity contribution >= 4 is 39.3 Å². The summed E-state index contributed by atoms with van der Waals surface area (Å²) in [5, 5.41) is 3.37. The van der Waals surface area contributed by atoms with Crippen LogP contribution >= 0.6 is 11.6 Å². The molecule has 0 spiro atoms. The Morgan fingerprint density at radius 2 is 1.67 bits per heavy atom. The highest BCUT2D eigenvalue weighted by atomic mass is 35.5. The highest BCUT2D eigenvalue weighted by Gasteiger charge is 2.34. The average Bonchev–Trinajstić information content (AvgIpc) is 2.82. The summed E-state index contributed by atoms with van der Waals surface area (Å²) >= 11 is 6.00. The molecule has 0 aliphatic carbocycles. The first-order chi connectivity index (χ1) is 16.9. The fraction of sp³-hybridized carbons (Fsp3) is 0.440. The van der Waals surface area contributed by atoms with Crippen LogP contribution in [0.15, 0.2) is 48.5 Å². The van der Waals surface area contributed by atoms with Gasteiger partial charge in [-0.25, -0.2) is 8.70 Å². The van der Waals surface area contributed by atoms with Gasteiger partial charge in [0.2, 0.25) is 11.8 Å². The number of amides is 2. The van der Waals surface area contributed by atoms with Crippen molar-refractivity contribution in [3.8, 4) is 0 Å². The van der Waals surface area contributed by atoms with Gasteiger partial charge in [-0.15, -0.1) is 0 Å². The molecule has 1 atom stereocenters. The lowest BCUT2D eigenvalue weighted by molar-refractivity contribution is -0.140. The Hall–Kier alpha value is -2.69. The van der Waals surface area contributed by atoms with Crippen molar-refractivity contribution in [2.75, 3.05) is 31.5 Å². The van der Waals surface area contributed by atoms with Gasteiger partial charge in [-0.05, 0) is 42.2 Å². The molecule has 0 saturated heterocycles. The third-order valence-electron chi connectivity index (χ3n) is 5.48. The van der Waals surface area contributed by atoms with Crippen LogP contribution in [-0.4, -0.2) is 62.7 Å². The standard InChI is InChI=1S/C25H34ClFN4O4S/c1-6-22(25(33)28-15-18(2)3)30(16-19-11-13-20(26)14-12-19)24(32)17-31(36(34,35)29(4)5)23-10-8-7-9-21(23)27/h7-14,18,22H,6,15-17H2,1-5H3,(H,28,33)/t22-/m1/s1. The second-order valence-corrected chi connectivity index (χ2v) is 11.5. The fourth-order valence-corrected chi connectivity index (χ4v) is 4.67. The van der Waals surface area contributed by atoms with Gasteiger partial charge >= 0.3 is 10.2 Å². The number of halogens is 2. The van der Waals surface area contributed by atoms with E-state index in [1.807, 2.05) is 13.8 Å². The second-order valence-electron chi connectivity index (χ2n) is 8.96. The molecule has 0 aromatic heterocycles. The number of hydrogen-bond donors (Lipinski definition) is 1. The van der Waals surface area contributed by atoms with Gasteiger partial charge in [0, 0.05) is 32.2 Å². The van der Waals surface area contributed by atoms with E-state index in [-0.39, 0.29) is 24.1 Å². The van der Waals surface area contributed by atoms with Gasteiger partial charge in [0.25, 0.3) is 0 Å². The van der Waals surface area contributed by atoms with Crippen LogP contribution in [-0.2, 0) is 26.3 Å². The number of nitrogens with one attached hydrogen (secondary N) is 1. The minimum Gasteiger partial charge on any atom is -0.354 e. The number of benzene rings is 2. The minimum absolute atomic E-state index is 0.0384.